The molecule has 6 nitrogen and oxygen atoms in total. The van der Waals surface area contributed by atoms with Gasteiger partial charge in [0.25, 0.3) is 0 Å². The number of carboxylic acids is 1. The van der Waals surface area contributed by atoms with E-state index in [1.54, 1.807) is 17.0 Å². The van der Waals surface area contributed by atoms with Crippen molar-refractivity contribution in [3.05, 3.63) is 29.3 Å². The standard InChI is InChI=1S/C15H16N2O4/c18-13-6-4-11(16-13)14(19)17-7-1-2-9-8-10(15(20)21)3-5-12(9)17/h3,5,8,11H,1-2,4,6-7H2,(H,16,18)(H,20,21). The van der Waals surface area contributed by atoms with Crippen LogP contribution in [-0.4, -0.2) is 35.5 Å². The van der Waals surface area contributed by atoms with Crippen molar-refractivity contribution in [2.45, 2.75) is 31.7 Å². The molecule has 1 unspecified atom stereocenters. The molecular formula is C15H16N2O4. The van der Waals surface area contributed by atoms with Crippen molar-refractivity contribution in [2.24, 2.45) is 0 Å². The third-order valence-electron chi connectivity index (χ3n) is 4.00. The van der Waals surface area contributed by atoms with E-state index in [1.165, 1.54) is 6.07 Å². The Kier molecular flexibility index (Phi) is 3.37. The first-order valence-electron chi connectivity index (χ1n) is 7.03. The average molecular weight is 288 g/mol. The second-order valence-corrected chi connectivity index (χ2v) is 5.40. The molecule has 0 spiro atoms. The summed E-state index contributed by atoms with van der Waals surface area (Å²) in [5, 5.41) is 11.7. The predicted octanol–water partition coefficient (Wildman–Crippen LogP) is 0.943. The summed E-state index contributed by atoms with van der Waals surface area (Å²) in [6.07, 6.45) is 2.46. The minimum Gasteiger partial charge on any atom is -0.478 e. The minimum absolute atomic E-state index is 0.0909. The Hall–Kier alpha value is -2.37. The van der Waals surface area contributed by atoms with Crippen LogP contribution in [0, 0.1) is 0 Å². The van der Waals surface area contributed by atoms with Gasteiger partial charge in [-0.25, -0.2) is 4.79 Å². The fourth-order valence-corrected chi connectivity index (χ4v) is 2.95. The first kappa shape index (κ1) is 13.6. The summed E-state index contributed by atoms with van der Waals surface area (Å²) < 4.78 is 0. The molecule has 1 aromatic rings. The van der Waals surface area contributed by atoms with E-state index >= 15 is 0 Å². The third kappa shape index (κ3) is 2.49. The summed E-state index contributed by atoms with van der Waals surface area (Å²) >= 11 is 0. The van der Waals surface area contributed by atoms with Crippen LogP contribution in [0.1, 0.15) is 35.2 Å². The Labute approximate surface area is 121 Å². The number of aromatic carboxylic acids is 1. The summed E-state index contributed by atoms with van der Waals surface area (Å²) in [4.78, 5) is 36.5. The van der Waals surface area contributed by atoms with E-state index in [4.69, 9.17) is 5.11 Å². The summed E-state index contributed by atoms with van der Waals surface area (Å²) in [6.45, 7) is 0.602. The lowest BCUT2D eigenvalue weighted by atomic mass is 9.98. The molecule has 0 aliphatic carbocycles. The fraction of sp³-hybridized carbons (Fsp3) is 0.400. The molecule has 1 atom stereocenters. The molecule has 1 fully saturated rings. The smallest absolute Gasteiger partial charge is 0.335 e. The molecule has 0 bridgehead atoms. The Bertz CT molecular complexity index is 626. The van der Waals surface area contributed by atoms with Gasteiger partial charge >= 0.3 is 5.97 Å². The highest BCUT2D eigenvalue weighted by atomic mass is 16.4. The maximum atomic E-state index is 12.5. The van der Waals surface area contributed by atoms with E-state index < -0.39 is 12.0 Å². The lowest BCUT2D eigenvalue weighted by Crippen LogP contribution is -2.46. The number of carbonyl (C=O) groups is 3. The van der Waals surface area contributed by atoms with Crippen molar-refractivity contribution in [1.29, 1.82) is 0 Å². The van der Waals surface area contributed by atoms with E-state index in [1.807, 2.05) is 0 Å². The molecule has 1 aromatic carbocycles. The number of aryl methyl sites for hydroxylation is 1. The Balaban J connectivity index is 1.88. The SMILES string of the molecule is O=C1CCC(C(=O)N2CCCc3cc(C(=O)O)ccc32)N1. The molecule has 2 aliphatic heterocycles. The summed E-state index contributed by atoms with van der Waals surface area (Å²) in [5.41, 5.74) is 1.87. The molecule has 0 radical (unpaired) electrons. The van der Waals surface area contributed by atoms with Gasteiger partial charge in [-0.15, -0.1) is 0 Å². The van der Waals surface area contributed by atoms with E-state index in [-0.39, 0.29) is 17.4 Å². The maximum Gasteiger partial charge on any atom is 0.335 e. The highest BCUT2D eigenvalue weighted by Gasteiger charge is 2.33. The maximum absolute atomic E-state index is 12.5. The highest BCUT2D eigenvalue weighted by Crippen LogP contribution is 2.29. The van der Waals surface area contributed by atoms with Crippen molar-refractivity contribution in [3.8, 4) is 0 Å². The zero-order chi connectivity index (χ0) is 15.0. The molecule has 2 heterocycles. The number of hydrogen-bond donors (Lipinski definition) is 2. The van der Waals surface area contributed by atoms with Crippen molar-refractivity contribution in [1.82, 2.24) is 5.32 Å². The van der Waals surface area contributed by atoms with Crippen molar-refractivity contribution < 1.29 is 19.5 Å². The molecule has 2 amide bonds. The monoisotopic (exact) mass is 288 g/mol. The Morgan fingerprint density at radius 3 is 2.76 bits per heavy atom. The van der Waals surface area contributed by atoms with E-state index in [2.05, 4.69) is 5.32 Å². The van der Waals surface area contributed by atoms with Crippen LogP contribution in [0.15, 0.2) is 18.2 Å². The normalized spacial score (nSPS) is 20.9. The zero-order valence-corrected chi connectivity index (χ0v) is 11.5. The zero-order valence-electron chi connectivity index (χ0n) is 11.5. The second kappa shape index (κ2) is 5.20. The third-order valence-corrected chi connectivity index (χ3v) is 4.00. The van der Waals surface area contributed by atoms with Crippen LogP contribution < -0.4 is 10.2 Å². The largest absolute Gasteiger partial charge is 0.478 e. The number of carboxylic acid groups (broad SMARTS) is 1. The molecule has 2 N–H and O–H groups in total. The minimum atomic E-state index is -0.968. The van der Waals surface area contributed by atoms with Crippen molar-refractivity contribution in [2.75, 3.05) is 11.4 Å². The van der Waals surface area contributed by atoms with Crippen LogP contribution in [-0.2, 0) is 16.0 Å². The molecule has 0 aromatic heterocycles. The van der Waals surface area contributed by atoms with Crippen molar-refractivity contribution >= 4 is 23.5 Å². The van der Waals surface area contributed by atoms with Gasteiger partial charge in [0.2, 0.25) is 11.8 Å². The van der Waals surface area contributed by atoms with Crippen LogP contribution in [0.25, 0.3) is 0 Å². The molecule has 110 valence electrons. The molecule has 6 heteroatoms. The number of nitrogens with one attached hydrogen (secondary N) is 1. The van der Waals surface area contributed by atoms with E-state index in [0.717, 1.165) is 24.1 Å². The number of carbonyl (C=O) groups excluding carboxylic acids is 2. The molecule has 3 rings (SSSR count). The number of nitrogens with zero attached hydrogens (tertiary/aromatic N) is 1. The summed E-state index contributed by atoms with van der Waals surface area (Å²) in [5.74, 6) is -1.17. The molecule has 2 aliphatic rings. The first-order chi connectivity index (χ1) is 10.1. The van der Waals surface area contributed by atoms with Gasteiger partial charge in [0.1, 0.15) is 6.04 Å². The van der Waals surface area contributed by atoms with Crippen LogP contribution in [0.3, 0.4) is 0 Å². The van der Waals surface area contributed by atoms with Crippen LogP contribution in [0.4, 0.5) is 5.69 Å². The van der Waals surface area contributed by atoms with Crippen LogP contribution in [0.5, 0.6) is 0 Å². The van der Waals surface area contributed by atoms with Crippen molar-refractivity contribution in [3.63, 3.8) is 0 Å². The molecular weight excluding hydrogens is 272 g/mol. The number of rotatable bonds is 2. The number of benzene rings is 1. The highest BCUT2D eigenvalue weighted by molar-refractivity contribution is 6.02. The van der Waals surface area contributed by atoms with Gasteiger partial charge in [0, 0.05) is 18.7 Å². The summed E-state index contributed by atoms with van der Waals surface area (Å²) in [7, 11) is 0. The number of amides is 2. The predicted molar refractivity (Wildman–Crippen MR) is 75.2 cm³/mol. The molecule has 0 saturated carbocycles. The second-order valence-electron chi connectivity index (χ2n) is 5.40. The molecule has 21 heavy (non-hydrogen) atoms. The fourth-order valence-electron chi connectivity index (χ4n) is 2.95. The topological polar surface area (TPSA) is 86.7 Å². The van der Waals surface area contributed by atoms with Gasteiger partial charge in [0.05, 0.1) is 5.56 Å². The lowest BCUT2D eigenvalue weighted by molar-refractivity contribution is -0.124. The van der Waals surface area contributed by atoms with Gasteiger partial charge in [0.15, 0.2) is 0 Å². The lowest BCUT2D eigenvalue weighted by Gasteiger charge is -2.31. The van der Waals surface area contributed by atoms with Crippen LogP contribution >= 0.6 is 0 Å². The van der Waals surface area contributed by atoms with Gasteiger partial charge in [-0.05, 0) is 43.0 Å². The summed E-state index contributed by atoms with van der Waals surface area (Å²) in [6, 6.07) is 4.37. The Morgan fingerprint density at radius 1 is 1.29 bits per heavy atom. The van der Waals surface area contributed by atoms with Gasteiger partial charge < -0.3 is 15.3 Å². The quantitative estimate of drug-likeness (QED) is 0.848. The number of hydrogen-bond acceptors (Lipinski definition) is 3. The molecule has 1 saturated heterocycles. The van der Waals surface area contributed by atoms with E-state index in [0.29, 0.717) is 19.4 Å². The number of anilines is 1. The van der Waals surface area contributed by atoms with Crippen LogP contribution in [0.2, 0.25) is 0 Å². The Morgan fingerprint density at radius 2 is 2.10 bits per heavy atom. The average Bonchev–Trinajstić information content (AvgIpc) is 2.91. The van der Waals surface area contributed by atoms with Gasteiger partial charge in [-0.1, -0.05) is 0 Å². The van der Waals surface area contributed by atoms with Gasteiger partial charge in [-0.3, -0.25) is 9.59 Å². The van der Waals surface area contributed by atoms with Gasteiger partial charge in [-0.2, -0.15) is 0 Å². The first-order valence-corrected chi connectivity index (χ1v) is 7.03. The van der Waals surface area contributed by atoms with E-state index in [9.17, 15) is 14.4 Å². The number of fused-ring (bicyclic) bond motifs is 1.